The summed E-state index contributed by atoms with van der Waals surface area (Å²) >= 11 is 0. The highest BCUT2D eigenvalue weighted by atomic mass is 15.3. The number of rotatable bonds is 6. The molecule has 102 valence electrons. The maximum atomic E-state index is 4.37. The lowest BCUT2D eigenvalue weighted by Crippen LogP contribution is -2.21. The zero-order chi connectivity index (χ0) is 13.7. The van der Waals surface area contributed by atoms with Crippen LogP contribution < -0.4 is 0 Å². The molecule has 0 unspecified atom stereocenters. The standard InChI is InChI=1S/C15H22N4/c1-4-8-19-12-14(9-17-19)11-18(3)13(2)15-6-5-7-16-10-15/h5-7,9-10,12-13H,4,8,11H2,1-3H3/t13-/m0/s1. The summed E-state index contributed by atoms with van der Waals surface area (Å²) in [6.45, 7) is 6.26. The van der Waals surface area contributed by atoms with Crippen molar-refractivity contribution in [2.24, 2.45) is 0 Å². The Hall–Kier alpha value is -1.68. The molecule has 2 rings (SSSR count). The number of hydrogen-bond acceptors (Lipinski definition) is 3. The Morgan fingerprint density at radius 2 is 2.21 bits per heavy atom. The predicted molar refractivity (Wildman–Crippen MR) is 76.6 cm³/mol. The predicted octanol–water partition coefficient (Wildman–Crippen LogP) is 2.88. The van der Waals surface area contributed by atoms with Crippen molar-refractivity contribution < 1.29 is 0 Å². The molecule has 0 radical (unpaired) electrons. The highest BCUT2D eigenvalue weighted by Crippen LogP contribution is 2.19. The van der Waals surface area contributed by atoms with Crippen molar-refractivity contribution in [3.63, 3.8) is 0 Å². The van der Waals surface area contributed by atoms with Gasteiger partial charge in [0.1, 0.15) is 0 Å². The van der Waals surface area contributed by atoms with Crippen LogP contribution in [0.5, 0.6) is 0 Å². The van der Waals surface area contributed by atoms with Crippen LogP contribution in [0.1, 0.15) is 37.4 Å². The summed E-state index contributed by atoms with van der Waals surface area (Å²) in [6.07, 6.45) is 8.95. The Morgan fingerprint density at radius 1 is 1.37 bits per heavy atom. The number of hydrogen-bond donors (Lipinski definition) is 0. The molecule has 0 aromatic carbocycles. The van der Waals surface area contributed by atoms with Crippen molar-refractivity contribution in [2.75, 3.05) is 7.05 Å². The van der Waals surface area contributed by atoms with E-state index in [2.05, 4.69) is 48.1 Å². The normalized spacial score (nSPS) is 12.8. The minimum atomic E-state index is 0.350. The first kappa shape index (κ1) is 13.7. The lowest BCUT2D eigenvalue weighted by atomic mass is 10.1. The maximum absolute atomic E-state index is 4.37. The number of pyridine rings is 1. The van der Waals surface area contributed by atoms with Crippen LogP contribution in [0.25, 0.3) is 0 Å². The molecule has 0 aliphatic carbocycles. The van der Waals surface area contributed by atoms with E-state index in [-0.39, 0.29) is 0 Å². The topological polar surface area (TPSA) is 34.0 Å². The largest absolute Gasteiger partial charge is 0.295 e. The van der Waals surface area contributed by atoms with Gasteiger partial charge >= 0.3 is 0 Å². The third-order valence-electron chi connectivity index (χ3n) is 3.40. The molecule has 0 N–H and O–H groups in total. The van der Waals surface area contributed by atoms with E-state index in [9.17, 15) is 0 Å². The van der Waals surface area contributed by atoms with E-state index in [1.807, 2.05) is 29.3 Å². The highest BCUT2D eigenvalue weighted by molar-refractivity contribution is 5.14. The molecule has 0 aliphatic rings. The average molecular weight is 258 g/mol. The second-order valence-electron chi connectivity index (χ2n) is 4.99. The second kappa shape index (κ2) is 6.48. The van der Waals surface area contributed by atoms with E-state index in [0.717, 1.165) is 19.5 Å². The van der Waals surface area contributed by atoms with Gasteiger partial charge in [-0.2, -0.15) is 5.10 Å². The van der Waals surface area contributed by atoms with Gasteiger partial charge in [-0.05, 0) is 32.0 Å². The molecule has 0 spiro atoms. The highest BCUT2D eigenvalue weighted by Gasteiger charge is 2.12. The molecule has 0 bridgehead atoms. The SMILES string of the molecule is CCCn1cc(CN(C)[C@@H](C)c2cccnc2)cn1. The van der Waals surface area contributed by atoms with Crippen molar-refractivity contribution in [3.8, 4) is 0 Å². The molecule has 0 fully saturated rings. The molecule has 0 saturated carbocycles. The van der Waals surface area contributed by atoms with Gasteiger partial charge in [0.25, 0.3) is 0 Å². The van der Waals surface area contributed by atoms with Crippen LogP contribution in [0.4, 0.5) is 0 Å². The Bertz CT molecular complexity index is 492. The summed E-state index contributed by atoms with van der Waals surface area (Å²) in [6, 6.07) is 4.45. The number of nitrogens with zero attached hydrogens (tertiary/aromatic N) is 4. The van der Waals surface area contributed by atoms with E-state index in [0.29, 0.717) is 6.04 Å². The summed E-state index contributed by atoms with van der Waals surface area (Å²) in [5, 5.41) is 4.37. The molecule has 0 aliphatic heterocycles. The van der Waals surface area contributed by atoms with E-state index in [1.165, 1.54) is 11.1 Å². The summed E-state index contributed by atoms with van der Waals surface area (Å²) in [7, 11) is 2.13. The molecule has 2 aromatic rings. The first-order valence-electron chi connectivity index (χ1n) is 6.82. The van der Waals surface area contributed by atoms with Crippen LogP contribution in [0, 0.1) is 0 Å². The summed E-state index contributed by atoms with van der Waals surface area (Å²) in [5.41, 5.74) is 2.50. The van der Waals surface area contributed by atoms with Crippen molar-refractivity contribution >= 4 is 0 Å². The molecular formula is C15H22N4. The van der Waals surface area contributed by atoms with Gasteiger partial charge in [-0.25, -0.2) is 0 Å². The zero-order valence-electron chi connectivity index (χ0n) is 12.0. The zero-order valence-corrected chi connectivity index (χ0v) is 12.0. The Balaban J connectivity index is 1.98. The Morgan fingerprint density at radius 3 is 2.89 bits per heavy atom. The van der Waals surface area contributed by atoms with Gasteiger partial charge < -0.3 is 0 Å². The van der Waals surface area contributed by atoms with Crippen LogP contribution in [-0.2, 0) is 13.1 Å². The summed E-state index contributed by atoms with van der Waals surface area (Å²) in [4.78, 5) is 6.49. The Kier molecular flexibility index (Phi) is 4.68. The summed E-state index contributed by atoms with van der Waals surface area (Å²) < 4.78 is 2.01. The minimum absolute atomic E-state index is 0.350. The smallest absolute Gasteiger partial charge is 0.0534 e. The van der Waals surface area contributed by atoms with Crippen LogP contribution >= 0.6 is 0 Å². The average Bonchev–Trinajstić information content (AvgIpc) is 2.86. The molecule has 0 saturated heterocycles. The first-order chi connectivity index (χ1) is 9.20. The molecule has 2 aromatic heterocycles. The van der Waals surface area contributed by atoms with E-state index >= 15 is 0 Å². The maximum Gasteiger partial charge on any atom is 0.0534 e. The lowest BCUT2D eigenvalue weighted by Gasteiger charge is -2.24. The molecule has 2 heterocycles. The van der Waals surface area contributed by atoms with Crippen LogP contribution in [0.2, 0.25) is 0 Å². The number of aryl methyl sites for hydroxylation is 1. The van der Waals surface area contributed by atoms with Gasteiger partial charge in [0, 0.05) is 43.3 Å². The molecule has 4 heteroatoms. The molecular weight excluding hydrogens is 236 g/mol. The van der Waals surface area contributed by atoms with Gasteiger partial charge in [-0.15, -0.1) is 0 Å². The third kappa shape index (κ3) is 3.64. The number of aromatic nitrogens is 3. The van der Waals surface area contributed by atoms with E-state index in [4.69, 9.17) is 0 Å². The quantitative estimate of drug-likeness (QED) is 0.799. The second-order valence-corrected chi connectivity index (χ2v) is 4.99. The molecule has 4 nitrogen and oxygen atoms in total. The fourth-order valence-electron chi connectivity index (χ4n) is 2.14. The van der Waals surface area contributed by atoms with Crippen molar-refractivity contribution in [2.45, 2.75) is 39.4 Å². The summed E-state index contributed by atoms with van der Waals surface area (Å²) in [5.74, 6) is 0. The molecule has 1 atom stereocenters. The van der Waals surface area contributed by atoms with E-state index in [1.54, 1.807) is 0 Å². The lowest BCUT2D eigenvalue weighted by molar-refractivity contribution is 0.252. The van der Waals surface area contributed by atoms with Crippen LogP contribution in [-0.4, -0.2) is 26.7 Å². The fraction of sp³-hybridized carbons (Fsp3) is 0.467. The van der Waals surface area contributed by atoms with Gasteiger partial charge in [-0.1, -0.05) is 13.0 Å². The fourth-order valence-corrected chi connectivity index (χ4v) is 2.14. The molecule has 0 amide bonds. The van der Waals surface area contributed by atoms with Gasteiger partial charge in [0.15, 0.2) is 0 Å². The van der Waals surface area contributed by atoms with Gasteiger partial charge in [-0.3, -0.25) is 14.6 Å². The van der Waals surface area contributed by atoms with Crippen LogP contribution in [0.3, 0.4) is 0 Å². The van der Waals surface area contributed by atoms with Gasteiger partial charge in [0.2, 0.25) is 0 Å². The monoisotopic (exact) mass is 258 g/mol. The minimum Gasteiger partial charge on any atom is -0.295 e. The van der Waals surface area contributed by atoms with Crippen molar-refractivity contribution in [1.82, 2.24) is 19.7 Å². The van der Waals surface area contributed by atoms with Crippen LogP contribution in [0.15, 0.2) is 36.9 Å². The van der Waals surface area contributed by atoms with Crippen molar-refractivity contribution in [1.29, 1.82) is 0 Å². The van der Waals surface area contributed by atoms with Crippen molar-refractivity contribution in [3.05, 3.63) is 48.0 Å². The van der Waals surface area contributed by atoms with Gasteiger partial charge in [0.05, 0.1) is 6.20 Å². The first-order valence-corrected chi connectivity index (χ1v) is 6.82. The van der Waals surface area contributed by atoms with E-state index < -0.39 is 0 Å². The Labute approximate surface area is 115 Å². The third-order valence-corrected chi connectivity index (χ3v) is 3.40. The molecule has 19 heavy (non-hydrogen) atoms.